The van der Waals surface area contributed by atoms with Crippen LogP contribution in [0.1, 0.15) is 35.7 Å². The summed E-state index contributed by atoms with van der Waals surface area (Å²) in [7, 11) is 1.84. The summed E-state index contributed by atoms with van der Waals surface area (Å²) < 4.78 is 28.4. The second-order valence-electron chi connectivity index (χ2n) is 6.50. The molecule has 1 aromatic heterocycles. The minimum Gasteiger partial charge on any atom is -0.391 e. The summed E-state index contributed by atoms with van der Waals surface area (Å²) in [5.74, 6) is -1.99. The summed E-state index contributed by atoms with van der Waals surface area (Å²) in [4.78, 5) is 14.2. The van der Waals surface area contributed by atoms with Gasteiger partial charge in [-0.15, -0.1) is 0 Å². The molecule has 2 atom stereocenters. The minimum atomic E-state index is -0.947. The third kappa shape index (κ3) is 3.56. The number of nitrogens with zero attached hydrogens (tertiary/aromatic N) is 3. The van der Waals surface area contributed by atoms with Gasteiger partial charge in [-0.2, -0.15) is 5.10 Å². The maximum Gasteiger partial charge on any atom is 0.223 e. The lowest BCUT2D eigenvalue weighted by Crippen LogP contribution is -2.32. The largest absolute Gasteiger partial charge is 0.391 e. The molecule has 1 aliphatic heterocycles. The molecule has 5 nitrogen and oxygen atoms in total. The Bertz CT molecular complexity index is 791. The Kier molecular flexibility index (Phi) is 4.85. The number of hydrogen-bond donors (Lipinski definition) is 1. The van der Waals surface area contributed by atoms with Crippen molar-refractivity contribution in [3.05, 3.63) is 52.9 Å². The van der Waals surface area contributed by atoms with E-state index in [-0.39, 0.29) is 18.9 Å². The summed E-state index contributed by atoms with van der Waals surface area (Å²) in [6.45, 7) is 2.14. The molecular formula is C18H21F2N3O2. The second-order valence-corrected chi connectivity index (χ2v) is 6.50. The molecule has 1 fully saturated rings. The molecule has 0 bridgehead atoms. The molecule has 0 radical (unpaired) electrons. The van der Waals surface area contributed by atoms with Crippen molar-refractivity contribution < 1.29 is 18.7 Å². The van der Waals surface area contributed by atoms with E-state index in [0.717, 1.165) is 23.4 Å². The number of amides is 1. The third-order valence-corrected chi connectivity index (χ3v) is 4.87. The van der Waals surface area contributed by atoms with Crippen molar-refractivity contribution >= 4 is 5.91 Å². The van der Waals surface area contributed by atoms with Gasteiger partial charge in [0, 0.05) is 25.7 Å². The molecule has 1 aromatic carbocycles. The fourth-order valence-electron chi connectivity index (χ4n) is 3.30. The number of aromatic nitrogens is 2. The highest BCUT2D eigenvalue weighted by molar-refractivity contribution is 5.77. The van der Waals surface area contributed by atoms with Crippen LogP contribution in [0, 0.1) is 18.6 Å². The quantitative estimate of drug-likeness (QED) is 0.921. The minimum absolute atomic E-state index is 0.116. The number of hydrogen-bond acceptors (Lipinski definition) is 3. The first-order chi connectivity index (χ1) is 11.9. The summed E-state index contributed by atoms with van der Waals surface area (Å²) in [6.07, 6.45) is 2.23. The number of carbonyl (C=O) groups excluding carboxylic acids is 1. The van der Waals surface area contributed by atoms with Crippen LogP contribution in [-0.4, -0.2) is 38.3 Å². The van der Waals surface area contributed by atoms with Crippen molar-refractivity contribution in [2.24, 2.45) is 7.05 Å². The molecule has 0 spiro atoms. The molecule has 2 aromatic rings. The lowest BCUT2D eigenvalue weighted by molar-refractivity contribution is -0.132. The Hall–Kier alpha value is -2.28. The van der Waals surface area contributed by atoms with Crippen LogP contribution in [0.15, 0.2) is 24.4 Å². The first kappa shape index (κ1) is 17.5. The lowest BCUT2D eigenvalue weighted by atomic mass is 10.0. The number of aliphatic hydroxyl groups is 1. The molecule has 25 heavy (non-hydrogen) atoms. The number of halogens is 2. The molecule has 2 unspecified atom stereocenters. The van der Waals surface area contributed by atoms with Gasteiger partial charge >= 0.3 is 0 Å². The van der Waals surface area contributed by atoms with Gasteiger partial charge in [0.2, 0.25) is 5.91 Å². The second kappa shape index (κ2) is 6.92. The Balaban J connectivity index is 1.73. The zero-order valence-corrected chi connectivity index (χ0v) is 14.2. The van der Waals surface area contributed by atoms with Crippen molar-refractivity contribution in [1.29, 1.82) is 0 Å². The van der Waals surface area contributed by atoms with E-state index >= 15 is 0 Å². The van der Waals surface area contributed by atoms with Gasteiger partial charge in [0.25, 0.3) is 0 Å². The number of aliphatic hydroxyl groups excluding tert-OH is 1. The first-order valence-electron chi connectivity index (χ1n) is 8.26. The molecule has 1 amide bonds. The Morgan fingerprint density at radius 2 is 2.12 bits per heavy atom. The number of aryl methyl sites for hydroxylation is 2. The van der Waals surface area contributed by atoms with Gasteiger partial charge in [0.1, 0.15) is 0 Å². The SMILES string of the molecule is Cc1c(CCC(=O)N2CC(O)CC2c2ccc(F)c(F)c2)cnn1C. The van der Waals surface area contributed by atoms with Crippen LogP contribution in [0.25, 0.3) is 0 Å². The topological polar surface area (TPSA) is 58.4 Å². The molecule has 7 heteroatoms. The fraction of sp³-hybridized carbons (Fsp3) is 0.444. The number of carbonyl (C=O) groups is 1. The Labute approximate surface area is 144 Å². The molecule has 3 rings (SSSR count). The van der Waals surface area contributed by atoms with Gasteiger partial charge in [0.05, 0.1) is 18.3 Å². The molecule has 0 aliphatic carbocycles. The Morgan fingerprint density at radius 1 is 1.36 bits per heavy atom. The van der Waals surface area contributed by atoms with E-state index in [2.05, 4.69) is 5.10 Å². The van der Waals surface area contributed by atoms with Crippen molar-refractivity contribution in [2.45, 2.75) is 38.3 Å². The van der Waals surface area contributed by atoms with Crippen molar-refractivity contribution in [2.75, 3.05) is 6.54 Å². The molecule has 1 saturated heterocycles. The number of benzene rings is 1. The summed E-state index contributed by atoms with van der Waals surface area (Å²) >= 11 is 0. The van der Waals surface area contributed by atoms with E-state index in [1.54, 1.807) is 15.8 Å². The maximum atomic E-state index is 13.5. The summed E-state index contributed by atoms with van der Waals surface area (Å²) in [5.41, 5.74) is 2.51. The van der Waals surface area contributed by atoms with Gasteiger partial charge in [-0.05, 0) is 43.0 Å². The van der Waals surface area contributed by atoms with E-state index < -0.39 is 23.8 Å². The van der Waals surface area contributed by atoms with Crippen LogP contribution < -0.4 is 0 Å². The predicted molar refractivity (Wildman–Crippen MR) is 87.7 cm³/mol. The molecule has 2 heterocycles. The van der Waals surface area contributed by atoms with Crippen LogP contribution in [0.2, 0.25) is 0 Å². The average Bonchev–Trinajstić information content (AvgIpc) is 3.12. The van der Waals surface area contributed by atoms with Crippen LogP contribution in [0.3, 0.4) is 0 Å². The van der Waals surface area contributed by atoms with Crippen LogP contribution >= 0.6 is 0 Å². The van der Waals surface area contributed by atoms with Crippen LogP contribution in [0.5, 0.6) is 0 Å². The normalized spacial score (nSPS) is 20.3. The predicted octanol–water partition coefficient (Wildman–Crippen LogP) is 2.27. The van der Waals surface area contributed by atoms with E-state index in [4.69, 9.17) is 0 Å². The van der Waals surface area contributed by atoms with E-state index in [9.17, 15) is 18.7 Å². The molecule has 134 valence electrons. The number of β-amino-alcohol motifs (C(OH)–C–C–N with tert-alkyl or cyclic N) is 1. The van der Waals surface area contributed by atoms with Gasteiger partial charge < -0.3 is 10.0 Å². The van der Waals surface area contributed by atoms with Crippen LogP contribution in [0.4, 0.5) is 8.78 Å². The van der Waals surface area contributed by atoms with Crippen molar-refractivity contribution in [3.63, 3.8) is 0 Å². The third-order valence-electron chi connectivity index (χ3n) is 4.87. The molecule has 1 aliphatic rings. The smallest absolute Gasteiger partial charge is 0.223 e. The summed E-state index contributed by atoms with van der Waals surface area (Å²) in [5, 5.41) is 14.1. The zero-order chi connectivity index (χ0) is 18.1. The van der Waals surface area contributed by atoms with E-state index in [0.29, 0.717) is 18.4 Å². The standard InChI is InChI=1S/C18H21F2N3O2/c1-11-13(9-21-22(11)2)4-6-18(25)23-10-14(24)8-17(23)12-3-5-15(19)16(20)7-12/h3,5,7,9,14,17,24H,4,6,8,10H2,1-2H3. The summed E-state index contributed by atoms with van der Waals surface area (Å²) in [6, 6.07) is 3.18. The van der Waals surface area contributed by atoms with Crippen molar-refractivity contribution in [1.82, 2.24) is 14.7 Å². The highest BCUT2D eigenvalue weighted by Gasteiger charge is 2.35. The van der Waals surface area contributed by atoms with E-state index in [1.165, 1.54) is 6.07 Å². The average molecular weight is 349 g/mol. The lowest BCUT2D eigenvalue weighted by Gasteiger charge is -2.25. The zero-order valence-electron chi connectivity index (χ0n) is 14.2. The fourth-order valence-corrected chi connectivity index (χ4v) is 3.30. The van der Waals surface area contributed by atoms with Gasteiger partial charge in [-0.1, -0.05) is 6.07 Å². The monoisotopic (exact) mass is 349 g/mol. The van der Waals surface area contributed by atoms with E-state index in [1.807, 2.05) is 14.0 Å². The molecule has 1 N–H and O–H groups in total. The number of likely N-dealkylation sites (tertiary alicyclic amines) is 1. The Morgan fingerprint density at radius 3 is 2.76 bits per heavy atom. The first-order valence-corrected chi connectivity index (χ1v) is 8.26. The number of rotatable bonds is 4. The molecular weight excluding hydrogens is 328 g/mol. The maximum absolute atomic E-state index is 13.5. The highest BCUT2D eigenvalue weighted by atomic mass is 19.2. The van der Waals surface area contributed by atoms with Gasteiger partial charge in [-0.3, -0.25) is 9.48 Å². The van der Waals surface area contributed by atoms with Crippen LogP contribution in [-0.2, 0) is 18.3 Å². The highest BCUT2D eigenvalue weighted by Crippen LogP contribution is 2.33. The molecule has 0 saturated carbocycles. The van der Waals surface area contributed by atoms with Gasteiger partial charge in [0.15, 0.2) is 11.6 Å². The van der Waals surface area contributed by atoms with Gasteiger partial charge in [-0.25, -0.2) is 8.78 Å². The van der Waals surface area contributed by atoms with Crippen molar-refractivity contribution in [3.8, 4) is 0 Å².